The van der Waals surface area contributed by atoms with Crippen molar-refractivity contribution >= 4 is 29.2 Å². The molecule has 2 amide bonds. The van der Waals surface area contributed by atoms with E-state index in [2.05, 4.69) is 15.4 Å². The van der Waals surface area contributed by atoms with Crippen LogP contribution in [-0.4, -0.2) is 40.9 Å². The molecule has 1 aromatic heterocycles. The third-order valence-corrected chi connectivity index (χ3v) is 4.12. The first-order chi connectivity index (χ1) is 14.3. The zero-order valence-electron chi connectivity index (χ0n) is 16.3. The van der Waals surface area contributed by atoms with E-state index in [1.165, 1.54) is 0 Å². The van der Waals surface area contributed by atoms with Gasteiger partial charge in [0.05, 0.1) is 24.1 Å². The molecule has 0 spiro atoms. The van der Waals surface area contributed by atoms with Gasteiger partial charge in [-0.3, -0.25) is 29.1 Å². The maximum Gasteiger partial charge on any atom is 0.339 e. The number of ether oxygens (including phenoxy) is 1. The fourth-order valence-electron chi connectivity index (χ4n) is 2.63. The molecule has 0 saturated heterocycles. The molecule has 0 bridgehead atoms. The maximum atomic E-state index is 12.2. The highest BCUT2D eigenvalue weighted by Crippen LogP contribution is 2.15. The van der Waals surface area contributed by atoms with E-state index in [4.69, 9.17) is 0 Å². The first-order valence-corrected chi connectivity index (χ1v) is 8.88. The molecule has 2 aromatic rings. The summed E-state index contributed by atoms with van der Waals surface area (Å²) in [5, 5.41) is 16.1. The number of anilines is 1. The topological polar surface area (TPSA) is 150 Å². The van der Waals surface area contributed by atoms with Crippen molar-refractivity contribution in [1.29, 1.82) is 0 Å². The van der Waals surface area contributed by atoms with Gasteiger partial charge in [0.2, 0.25) is 11.8 Å². The van der Waals surface area contributed by atoms with Crippen LogP contribution in [-0.2, 0) is 27.3 Å². The van der Waals surface area contributed by atoms with Crippen molar-refractivity contribution in [3.8, 4) is 0 Å². The number of carbonyl (C=O) groups excluding carboxylic acids is 3. The van der Waals surface area contributed by atoms with Crippen molar-refractivity contribution < 1.29 is 24.0 Å². The summed E-state index contributed by atoms with van der Waals surface area (Å²) in [5.41, 5.74) is -0.651. The molecule has 0 aliphatic heterocycles. The molecule has 11 nitrogen and oxygen atoms in total. The van der Waals surface area contributed by atoms with Crippen molar-refractivity contribution in [2.75, 3.05) is 19.0 Å². The van der Waals surface area contributed by atoms with Crippen LogP contribution in [0.4, 0.5) is 11.4 Å². The van der Waals surface area contributed by atoms with Crippen LogP contribution in [0.5, 0.6) is 0 Å². The quantitative estimate of drug-likeness (QED) is 0.368. The van der Waals surface area contributed by atoms with E-state index in [1.54, 1.807) is 12.1 Å². The average Bonchev–Trinajstić information content (AvgIpc) is 2.73. The molecule has 0 aliphatic carbocycles. The Bertz CT molecular complexity index is 1050. The largest absolute Gasteiger partial charge is 0.465 e. The minimum atomic E-state index is -1.07. The predicted octanol–water partition coefficient (Wildman–Crippen LogP) is 0.860. The Hall–Kier alpha value is -4.02. The summed E-state index contributed by atoms with van der Waals surface area (Å²) in [6.07, 6.45) is 1.69. The summed E-state index contributed by atoms with van der Waals surface area (Å²) in [7, 11) is 1.08. The number of nitrogens with one attached hydrogen (secondary N) is 2. The molecular formula is C19H20N4O7. The van der Waals surface area contributed by atoms with E-state index in [-0.39, 0.29) is 12.1 Å². The van der Waals surface area contributed by atoms with Crippen LogP contribution in [0.15, 0.2) is 41.3 Å². The molecule has 0 aliphatic rings. The number of hydrogen-bond acceptors (Lipinski definition) is 7. The molecule has 158 valence electrons. The number of aromatic nitrogens is 1. The van der Waals surface area contributed by atoms with E-state index in [0.29, 0.717) is 16.7 Å². The number of carbonyl (C=O) groups is 3. The van der Waals surface area contributed by atoms with Gasteiger partial charge in [0.1, 0.15) is 6.54 Å². The third kappa shape index (κ3) is 5.50. The SMILES string of the molecule is CCc1ccccc1NC(=O)CNC(=O)Cn1cc(C(=O)OC)cc([N+](=O)[O-])c1=O. The zero-order valence-corrected chi connectivity index (χ0v) is 16.3. The lowest BCUT2D eigenvalue weighted by Crippen LogP contribution is -2.37. The Kier molecular flexibility index (Phi) is 7.39. The van der Waals surface area contributed by atoms with Gasteiger partial charge in [-0.25, -0.2) is 4.79 Å². The van der Waals surface area contributed by atoms with Gasteiger partial charge in [-0.2, -0.15) is 0 Å². The molecule has 1 heterocycles. The smallest absolute Gasteiger partial charge is 0.339 e. The first-order valence-electron chi connectivity index (χ1n) is 8.88. The van der Waals surface area contributed by atoms with Crippen LogP contribution < -0.4 is 16.2 Å². The van der Waals surface area contributed by atoms with E-state index >= 15 is 0 Å². The van der Waals surface area contributed by atoms with E-state index < -0.39 is 40.5 Å². The molecule has 0 saturated carbocycles. The van der Waals surface area contributed by atoms with Gasteiger partial charge in [-0.1, -0.05) is 25.1 Å². The lowest BCUT2D eigenvalue weighted by Gasteiger charge is -2.11. The number of nitrogens with zero attached hydrogens (tertiary/aromatic N) is 2. The van der Waals surface area contributed by atoms with Crippen molar-refractivity contribution in [3.63, 3.8) is 0 Å². The Labute approximate surface area is 170 Å². The second-order valence-electron chi connectivity index (χ2n) is 6.13. The lowest BCUT2D eigenvalue weighted by molar-refractivity contribution is -0.386. The summed E-state index contributed by atoms with van der Waals surface area (Å²) in [4.78, 5) is 58.2. The van der Waals surface area contributed by atoms with Gasteiger partial charge < -0.3 is 15.4 Å². The monoisotopic (exact) mass is 416 g/mol. The summed E-state index contributed by atoms with van der Waals surface area (Å²) >= 11 is 0. The van der Waals surface area contributed by atoms with Gasteiger partial charge >= 0.3 is 17.2 Å². The van der Waals surface area contributed by atoms with Gasteiger partial charge in [0.15, 0.2) is 0 Å². The Morgan fingerprint density at radius 1 is 1.20 bits per heavy atom. The van der Waals surface area contributed by atoms with Crippen LogP contribution in [0.25, 0.3) is 0 Å². The van der Waals surface area contributed by atoms with Crippen molar-refractivity contribution in [2.24, 2.45) is 0 Å². The van der Waals surface area contributed by atoms with Crippen LogP contribution in [0.1, 0.15) is 22.8 Å². The second kappa shape index (κ2) is 9.96. The summed E-state index contributed by atoms with van der Waals surface area (Å²) in [6.45, 7) is 0.944. The molecule has 0 unspecified atom stereocenters. The Balaban J connectivity index is 2.08. The maximum absolute atomic E-state index is 12.2. The number of pyridine rings is 1. The van der Waals surface area contributed by atoms with E-state index in [1.807, 2.05) is 19.1 Å². The molecule has 0 atom stereocenters. The number of methoxy groups -OCH3 is 1. The zero-order chi connectivity index (χ0) is 22.3. The third-order valence-electron chi connectivity index (χ3n) is 4.12. The number of nitro groups is 1. The Morgan fingerprint density at radius 3 is 2.53 bits per heavy atom. The summed E-state index contributed by atoms with van der Waals surface area (Å²) in [5.74, 6) is -2.13. The average molecular weight is 416 g/mol. The van der Waals surface area contributed by atoms with E-state index in [0.717, 1.165) is 24.9 Å². The highest BCUT2D eigenvalue weighted by molar-refractivity contribution is 5.95. The number of esters is 1. The normalized spacial score (nSPS) is 10.2. The number of benzene rings is 1. The second-order valence-corrected chi connectivity index (χ2v) is 6.13. The van der Waals surface area contributed by atoms with Crippen molar-refractivity contribution in [1.82, 2.24) is 9.88 Å². The minimum Gasteiger partial charge on any atom is -0.465 e. The lowest BCUT2D eigenvalue weighted by atomic mass is 10.1. The molecule has 11 heteroatoms. The van der Waals surface area contributed by atoms with Crippen LogP contribution in [0.2, 0.25) is 0 Å². The number of hydrogen-bond donors (Lipinski definition) is 2. The fraction of sp³-hybridized carbons (Fsp3) is 0.263. The highest BCUT2D eigenvalue weighted by atomic mass is 16.6. The number of amides is 2. The fourth-order valence-corrected chi connectivity index (χ4v) is 2.63. The van der Waals surface area contributed by atoms with Gasteiger partial charge in [0.25, 0.3) is 0 Å². The number of rotatable bonds is 8. The van der Waals surface area contributed by atoms with Crippen LogP contribution >= 0.6 is 0 Å². The summed E-state index contributed by atoms with van der Waals surface area (Å²) in [6, 6.07) is 7.98. The van der Waals surface area contributed by atoms with E-state index in [9.17, 15) is 29.3 Å². The van der Waals surface area contributed by atoms with Gasteiger partial charge in [-0.05, 0) is 18.1 Å². The van der Waals surface area contributed by atoms with Crippen molar-refractivity contribution in [2.45, 2.75) is 19.9 Å². The van der Waals surface area contributed by atoms with Crippen LogP contribution in [0.3, 0.4) is 0 Å². The first kappa shape index (κ1) is 22.3. The van der Waals surface area contributed by atoms with Crippen LogP contribution in [0, 0.1) is 10.1 Å². The molecule has 0 fully saturated rings. The molecular weight excluding hydrogens is 396 g/mol. The molecule has 2 N–H and O–H groups in total. The molecule has 2 rings (SSSR count). The van der Waals surface area contributed by atoms with Crippen molar-refractivity contribution in [3.05, 3.63) is 68.1 Å². The van der Waals surface area contributed by atoms with Gasteiger partial charge in [0, 0.05) is 18.0 Å². The molecule has 0 radical (unpaired) electrons. The number of aryl methyl sites for hydroxylation is 1. The summed E-state index contributed by atoms with van der Waals surface area (Å²) < 4.78 is 5.21. The number of para-hydroxylation sites is 1. The molecule has 30 heavy (non-hydrogen) atoms. The Morgan fingerprint density at radius 2 is 1.90 bits per heavy atom. The molecule has 1 aromatic carbocycles. The predicted molar refractivity (Wildman–Crippen MR) is 106 cm³/mol. The highest BCUT2D eigenvalue weighted by Gasteiger charge is 2.21. The minimum absolute atomic E-state index is 0.259. The van der Waals surface area contributed by atoms with Gasteiger partial charge in [-0.15, -0.1) is 0 Å². The standard InChI is InChI=1S/C19H20N4O7/c1-3-12-6-4-5-7-14(12)21-16(24)9-20-17(25)11-22-10-13(19(27)30-2)8-15(18(22)26)23(28)29/h4-8,10H,3,9,11H2,1-2H3,(H,20,25)(H,21,24).